The van der Waals surface area contributed by atoms with E-state index in [2.05, 4.69) is 5.10 Å². The molecule has 1 heterocycles. The standard InChI is InChI=1S/C13H14ClFN2O2/c1-3-17-12(11(19-2)7-16-17)13(18)8-4-5-9(14)10(15)6-8/h4-7,13,18H,3H2,1-2H3. The van der Waals surface area contributed by atoms with Gasteiger partial charge in [0.05, 0.1) is 18.3 Å². The predicted octanol–water partition coefficient (Wildman–Crippen LogP) is 2.79. The Kier molecular flexibility index (Phi) is 4.07. The monoisotopic (exact) mass is 284 g/mol. The fraction of sp³-hybridized carbons (Fsp3) is 0.308. The van der Waals surface area contributed by atoms with Crippen molar-refractivity contribution in [3.05, 3.63) is 46.5 Å². The SMILES string of the molecule is CCn1ncc(OC)c1C(O)c1ccc(Cl)c(F)c1. The maximum absolute atomic E-state index is 13.4. The summed E-state index contributed by atoms with van der Waals surface area (Å²) in [6, 6.07) is 4.19. The smallest absolute Gasteiger partial charge is 0.163 e. The number of halogens is 2. The number of rotatable bonds is 4. The quantitative estimate of drug-likeness (QED) is 0.939. The minimum absolute atomic E-state index is 0.0203. The molecule has 2 rings (SSSR count). The topological polar surface area (TPSA) is 47.3 Å². The molecule has 1 aromatic carbocycles. The van der Waals surface area contributed by atoms with Gasteiger partial charge in [-0.2, -0.15) is 5.10 Å². The van der Waals surface area contributed by atoms with Gasteiger partial charge in [0.1, 0.15) is 17.6 Å². The van der Waals surface area contributed by atoms with E-state index in [-0.39, 0.29) is 5.02 Å². The second-order valence-corrected chi connectivity index (χ2v) is 4.40. The summed E-state index contributed by atoms with van der Waals surface area (Å²) in [5.74, 6) is -0.107. The highest BCUT2D eigenvalue weighted by molar-refractivity contribution is 6.30. The summed E-state index contributed by atoms with van der Waals surface area (Å²) < 4.78 is 20.2. The van der Waals surface area contributed by atoms with Gasteiger partial charge < -0.3 is 9.84 Å². The molecule has 1 unspecified atom stereocenters. The van der Waals surface area contributed by atoms with Gasteiger partial charge in [-0.15, -0.1) is 0 Å². The van der Waals surface area contributed by atoms with Crippen LogP contribution in [0.15, 0.2) is 24.4 Å². The van der Waals surface area contributed by atoms with Crippen molar-refractivity contribution in [2.24, 2.45) is 0 Å². The lowest BCUT2D eigenvalue weighted by atomic mass is 10.1. The Bertz CT molecular complexity index is 565. The molecule has 0 aliphatic heterocycles. The van der Waals surface area contributed by atoms with Crippen LogP contribution < -0.4 is 4.74 Å². The zero-order chi connectivity index (χ0) is 14.0. The van der Waals surface area contributed by atoms with Crippen molar-refractivity contribution in [3.8, 4) is 5.75 Å². The van der Waals surface area contributed by atoms with Crippen molar-refractivity contribution < 1.29 is 14.2 Å². The van der Waals surface area contributed by atoms with Crippen LogP contribution >= 0.6 is 11.6 Å². The van der Waals surface area contributed by atoms with Gasteiger partial charge in [0.15, 0.2) is 5.75 Å². The Morgan fingerprint density at radius 2 is 2.26 bits per heavy atom. The fourth-order valence-corrected chi connectivity index (χ4v) is 2.02. The highest BCUT2D eigenvalue weighted by Crippen LogP contribution is 2.31. The summed E-state index contributed by atoms with van der Waals surface area (Å²) in [6.45, 7) is 2.47. The third-order valence-corrected chi connectivity index (χ3v) is 3.19. The highest BCUT2D eigenvalue weighted by atomic mass is 35.5. The Labute approximate surface area is 115 Å². The minimum Gasteiger partial charge on any atom is -0.493 e. The number of hydrogen-bond donors (Lipinski definition) is 1. The van der Waals surface area contributed by atoms with Crippen LogP contribution in [0.4, 0.5) is 4.39 Å². The van der Waals surface area contributed by atoms with E-state index in [0.29, 0.717) is 23.6 Å². The molecule has 1 aromatic heterocycles. The summed E-state index contributed by atoms with van der Waals surface area (Å²) in [7, 11) is 1.50. The van der Waals surface area contributed by atoms with Crippen molar-refractivity contribution in [2.75, 3.05) is 7.11 Å². The normalized spacial score (nSPS) is 12.5. The first-order valence-electron chi connectivity index (χ1n) is 5.81. The molecule has 102 valence electrons. The lowest BCUT2D eigenvalue weighted by Gasteiger charge is -2.14. The third-order valence-electron chi connectivity index (χ3n) is 2.88. The van der Waals surface area contributed by atoms with Crippen molar-refractivity contribution >= 4 is 11.6 Å². The van der Waals surface area contributed by atoms with Crippen LogP contribution in [0.1, 0.15) is 24.3 Å². The van der Waals surface area contributed by atoms with Gasteiger partial charge in [-0.25, -0.2) is 4.39 Å². The van der Waals surface area contributed by atoms with Crippen LogP contribution in [0.25, 0.3) is 0 Å². The molecule has 0 aliphatic carbocycles. The van der Waals surface area contributed by atoms with E-state index in [9.17, 15) is 9.50 Å². The molecule has 4 nitrogen and oxygen atoms in total. The van der Waals surface area contributed by atoms with Crippen molar-refractivity contribution in [2.45, 2.75) is 19.6 Å². The van der Waals surface area contributed by atoms with Crippen molar-refractivity contribution in [3.63, 3.8) is 0 Å². The van der Waals surface area contributed by atoms with Gasteiger partial charge in [-0.3, -0.25) is 4.68 Å². The average Bonchev–Trinajstić information content (AvgIpc) is 2.83. The summed E-state index contributed by atoms with van der Waals surface area (Å²) in [5.41, 5.74) is 0.891. The van der Waals surface area contributed by atoms with Crippen LogP contribution in [0.2, 0.25) is 5.02 Å². The van der Waals surface area contributed by atoms with E-state index in [4.69, 9.17) is 16.3 Å². The Morgan fingerprint density at radius 3 is 2.84 bits per heavy atom. The lowest BCUT2D eigenvalue weighted by Crippen LogP contribution is -2.10. The summed E-state index contributed by atoms with van der Waals surface area (Å²) in [6.07, 6.45) is 0.498. The molecular weight excluding hydrogens is 271 g/mol. The van der Waals surface area contributed by atoms with E-state index in [1.165, 1.54) is 25.4 Å². The number of hydrogen-bond acceptors (Lipinski definition) is 3. The zero-order valence-corrected chi connectivity index (χ0v) is 11.4. The number of aryl methyl sites for hydroxylation is 1. The second-order valence-electron chi connectivity index (χ2n) is 3.99. The molecule has 0 aliphatic rings. The third kappa shape index (κ3) is 2.57. The van der Waals surface area contributed by atoms with Gasteiger partial charge in [0.2, 0.25) is 0 Å². The van der Waals surface area contributed by atoms with Crippen molar-refractivity contribution in [1.82, 2.24) is 9.78 Å². The van der Waals surface area contributed by atoms with Crippen LogP contribution in [0.5, 0.6) is 5.75 Å². The summed E-state index contributed by atoms with van der Waals surface area (Å²) in [5, 5.41) is 14.5. The van der Waals surface area contributed by atoms with Crippen LogP contribution in [0.3, 0.4) is 0 Å². The number of nitrogens with zero attached hydrogens (tertiary/aromatic N) is 2. The molecule has 0 fully saturated rings. The number of aliphatic hydroxyl groups excluding tert-OH is 1. The van der Waals surface area contributed by atoms with E-state index in [1.54, 1.807) is 10.7 Å². The van der Waals surface area contributed by atoms with Gasteiger partial charge >= 0.3 is 0 Å². The largest absolute Gasteiger partial charge is 0.493 e. The number of benzene rings is 1. The van der Waals surface area contributed by atoms with E-state index in [1.807, 2.05) is 6.92 Å². The average molecular weight is 285 g/mol. The molecule has 1 atom stereocenters. The molecule has 0 saturated heterocycles. The van der Waals surface area contributed by atoms with Crippen LogP contribution in [-0.4, -0.2) is 22.0 Å². The zero-order valence-electron chi connectivity index (χ0n) is 10.6. The lowest BCUT2D eigenvalue weighted by molar-refractivity contribution is 0.202. The van der Waals surface area contributed by atoms with Crippen LogP contribution in [0, 0.1) is 5.82 Å². The molecule has 0 radical (unpaired) electrons. The maximum Gasteiger partial charge on any atom is 0.163 e. The number of aromatic nitrogens is 2. The molecular formula is C13H14ClFN2O2. The molecule has 1 N–H and O–H groups in total. The van der Waals surface area contributed by atoms with Gasteiger partial charge in [0.25, 0.3) is 0 Å². The predicted molar refractivity (Wildman–Crippen MR) is 69.9 cm³/mol. The number of aliphatic hydroxyl groups is 1. The van der Waals surface area contributed by atoms with Gasteiger partial charge in [0, 0.05) is 6.54 Å². The first-order chi connectivity index (χ1) is 9.08. The Balaban J connectivity index is 2.45. The van der Waals surface area contributed by atoms with Crippen molar-refractivity contribution in [1.29, 1.82) is 0 Å². The molecule has 0 spiro atoms. The number of methoxy groups -OCH3 is 1. The molecule has 6 heteroatoms. The minimum atomic E-state index is -1.02. The number of ether oxygens (including phenoxy) is 1. The van der Waals surface area contributed by atoms with E-state index in [0.717, 1.165) is 0 Å². The molecule has 0 amide bonds. The summed E-state index contributed by atoms with van der Waals surface area (Å²) in [4.78, 5) is 0. The Morgan fingerprint density at radius 1 is 1.53 bits per heavy atom. The Hall–Kier alpha value is -1.59. The molecule has 0 bridgehead atoms. The highest BCUT2D eigenvalue weighted by Gasteiger charge is 2.21. The first kappa shape index (κ1) is 13.8. The maximum atomic E-state index is 13.4. The molecule has 2 aromatic rings. The van der Waals surface area contributed by atoms with Crippen LogP contribution in [-0.2, 0) is 6.54 Å². The van der Waals surface area contributed by atoms with E-state index < -0.39 is 11.9 Å². The first-order valence-corrected chi connectivity index (χ1v) is 6.19. The second kappa shape index (κ2) is 5.59. The molecule has 0 saturated carbocycles. The summed E-state index contributed by atoms with van der Waals surface area (Å²) >= 11 is 5.63. The molecule has 19 heavy (non-hydrogen) atoms. The fourth-order valence-electron chi connectivity index (χ4n) is 1.90. The van der Waals surface area contributed by atoms with Gasteiger partial charge in [-0.1, -0.05) is 17.7 Å². The van der Waals surface area contributed by atoms with Gasteiger partial charge in [-0.05, 0) is 24.6 Å². The van der Waals surface area contributed by atoms with E-state index >= 15 is 0 Å².